The number of carbonyl (C=O) groups excluding carboxylic acids is 3. The summed E-state index contributed by atoms with van der Waals surface area (Å²) >= 11 is 0. The van der Waals surface area contributed by atoms with Crippen LogP contribution in [0.3, 0.4) is 0 Å². The zero-order valence-corrected chi connectivity index (χ0v) is 24.2. The molecule has 3 atom stereocenters. The third-order valence-electron chi connectivity index (χ3n) is 9.00. The number of pyridine rings is 1. The number of fused-ring (bicyclic) bond motifs is 4. The highest BCUT2D eigenvalue weighted by Crippen LogP contribution is 2.39. The summed E-state index contributed by atoms with van der Waals surface area (Å²) in [6.45, 7) is 6.28. The topological polar surface area (TPSA) is 101 Å². The van der Waals surface area contributed by atoms with E-state index in [-0.39, 0.29) is 30.4 Å². The number of nitrogens with zero attached hydrogens (tertiary/aromatic N) is 3. The lowest BCUT2D eigenvalue weighted by atomic mass is 9.75. The molecule has 6 rings (SSSR count). The van der Waals surface area contributed by atoms with Crippen molar-refractivity contribution >= 4 is 23.5 Å². The molecule has 0 aliphatic carbocycles. The Bertz CT molecular complexity index is 1580. The summed E-state index contributed by atoms with van der Waals surface area (Å²) < 4.78 is 7.12. The molecule has 0 radical (unpaired) electrons. The number of carbonyl (C=O) groups is 3. The van der Waals surface area contributed by atoms with E-state index in [0.717, 1.165) is 22.6 Å². The highest BCUT2D eigenvalue weighted by atomic mass is 16.5. The second-order valence-corrected chi connectivity index (χ2v) is 12.1. The molecule has 2 aromatic carbocycles. The molecule has 3 aromatic rings. The third-order valence-corrected chi connectivity index (χ3v) is 9.00. The average molecular weight is 569 g/mol. The fourth-order valence-corrected chi connectivity index (χ4v) is 6.87. The van der Waals surface area contributed by atoms with E-state index in [1.165, 1.54) is 5.56 Å². The van der Waals surface area contributed by atoms with Gasteiger partial charge in [-0.05, 0) is 66.1 Å². The van der Waals surface area contributed by atoms with E-state index in [9.17, 15) is 19.2 Å². The zero-order chi connectivity index (χ0) is 29.6. The summed E-state index contributed by atoms with van der Waals surface area (Å²) in [5, 5.41) is 2.51. The standard InChI is InChI=1S/C33H36N4O5/c1-21(2)24-9-7-22(8-10-24)16-33(20-35-17-23-15-25(19-35)28-5-4-6-29(38)36(28)18-23)30(39)34-32(41)37(31(33)40)26-11-13-27(42-3)14-12-26/h4-14,21,23,25H,15-20H2,1-3H3,(H,34,39,41)/t23-,25+,33+/m1/s1. The van der Waals surface area contributed by atoms with Crippen molar-refractivity contribution < 1.29 is 19.1 Å². The lowest BCUT2D eigenvalue weighted by Gasteiger charge is -2.47. The van der Waals surface area contributed by atoms with Gasteiger partial charge < -0.3 is 14.2 Å². The van der Waals surface area contributed by atoms with Gasteiger partial charge in [0.15, 0.2) is 0 Å². The van der Waals surface area contributed by atoms with E-state index in [2.05, 4.69) is 24.1 Å². The van der Waals surface area contributed by atoms with Crippen molar-refractivity contribution in [3.05, 3.63) is 93.9 Å². The highest BCUT2D eigenvalue weighted by Gasteiger charge is 2.55. The maximum Gasteiger partial charge on any atom is 0.335 e. The first-order chi connectivity index (χ1) is 20.2. The molecule has 2 fully saturated rings. The Balaban J connectivity index is 1.37. The van der Waals surface area contributed by atoms with Crippen LogP contribution in [-0.2, 0) is 22.6 Å². The van der Waals surface area contributed by atoms with E-state index in [1.807, 2.05) is 34.9 Å². The van der Waals surface area contributed by atoms with E-state index >= 15 is 0 Å². The molecule has 9 heteroatoms. The molecule has 9 nitrogen and oxygen atoms in total. The van der Waals surface area contributed by atoms with Gasteiger partial charge in [-0.15, -0.1) is 0 Å². The van der Waals surface area contributed by atoms with Gasteiger partial charge in [0.05, 0.1) is 12.8 Å². The lowest BCUT2D eigenvalue weighted by molar-refractivity contribution is -0.144. The Hall–Kier alpha value is -4.24. The molecule has 2 bridgehead atoms. The van der Waals surface area contributed by atoms with E-state index < -0.39 is 23.3 Å². The highest BCUT2D eigenvalue weighted by molar-refractivity contribution is 6.30. The number of aromatic nitrogens is 1. The normalized spacial score (nSPS) is 24.0. The number of nitrogens with one attached hydrogen (secondary N) is 1. The number of anilines is 1. The minimum absolute atomic E-state index is 0.00690. The van der Waals surface area contributed by atoms with Crippen molar-refractivity contribution in [2.24, 2.45) is 11.3 Å². The van der Waals surface area contributed by atoms with E-state index in [0.29, 0.717) is 37.0 Å². The maximum atomic E-state index is 14.5. The van der Waals surface area contributed by atoms with Crippen LogP contribution in [0.1, 0.15) is 48.9 Å². The molecule has 1 aromatic heterocycles. The van der Waals surface area contributed by atoms with Crippen LogP contribution < -0.4 is 20.5 Å². The molecule has 42 heavy (non-hydrogen) atoms. The number of hydrogen-bond acceptors (Lipinski definition) is 6. The molecule has 0 spiro atoms. The molecular formula is C33H36N4O5. The minimum Gasteiger partial charge on any atom is -0.497 e. The van der Waals surface area contributed by atoms with Gasteiger partial charge in [-0.1, -0.05) is 44.2 Å². The molecule has 1 N–H and O–H groups in total. The number of amides is 4. The Morgan fingerprint density at radius 1 is 0.929 bits per heavy atom. The Morgan fingerprint density at radius 2 is 1.67 bits per heavy atom. The summed E-state index contributed by atoms with van der Waals surface area (Å²) in [4.78, 5) is 57.4. The first-order valence-corrected chi connectivity index (χ1v) is 14.5. The predicted molar refractivity (Wildman–Crippen MR) is 159 cm³/mol. The van der Waals surface area contributed by atoms with Crippen molar-refractivity contribution in [3.63, 3.8) is 0 Å². The van der Waals surface area contributed by atoms with Crippen LogP contribution in [0.2, 0.25) is 0 Å². The number of methoxy groups -OCH3 is 1. The molecule has 2 saturated heterocycles. The zero-order valence-electron chi connectivity index (χ0n) is 24.2. The van der Waals surface area contributed by atoms with Gasteiger partial charge in [-0.3, -0.25) is 19.7 Å². The van der Waals surface area contributed by atoms with Gasteiger partial charge in [0.1, 0.15) is 11.2 Å². The van der Waals surface area contributed by atoms with Gasteiger partial charge in [-0.25, -0.2) is 9.69 Å². The first kappa shape index (κ1) is 27.9. The number of piperidine rings is 1. The Labute approximate surface area is 245 Å². The van der Waals surface area contributed by atoms with Crippen LogP contribution in [0.4, 0.5) is 10.5 Å². The summed E-state index contributed by atoms with van der Waals surface area (Å²) in [5.41, 5.74) is 1.86. The second kappa shape index (κ2) is 10.9. The third kappa shape index (κ3) is 4.91. The van der Waals surface area contributed by atoms with Crippen molar-refractivity contribution in [1.82, 2.24) is 14.8 Å². The number of hydrogen-bond donors (Lipinski definition) is 1. The molecule has 4 heterocycles. The van der Waals surface area contributed by atoms with Gasteiger partial charge in [-0.2, -0.15) is 0 Å². The van der Waals surface area contributed by atoms with Gasteiger partial charge in [0, 0.05) is 43.9 Å². The SMILES string of the molecule is COc1ccc(N2C(=O)NC(=O)[C@](Cc3ccc(C(C)C)cc3)(CN3C[C@H]4C[C@@H](C3)c3cccc(=O)n3C4)C2=O)cc1. The number of ether oxygens (including phenoxy) is 1. The lowest BCUT2D eigenvalue weighted by Crippen LogP contribution is -2.68. The first-order valence-electron chi connectivity index (χ1n) is 14.5. The number of benzene rings is 2. The number of urea groups is 1. The van der Waals surface area contributed by atoms with E-state index in [1.54, 1.807) is 43.5 Å². The quantitative estimate of drug-likeness (QED) is 0.434. The van der Waals surface area contributed by atoms with Gasteiger partial charge in [0.2, 0.25) is 5.91 Å². The van der Waals surface area contributed by atoms with Crippen molar-refractivity contribution in [3.8, 4) is 5.75 Å². The fourth-order valence-electron chi connectivity index (χ4n) is 6.87. The predicted octanol–water partition coefficient (Wildman–Crippen LogP) is 3.91. The van der Waals surface area contributed by atoms with Crippen molar-refractivity contribution in [1.29, 1.82) is 0 Å². The molecule has 0 unspecified atom stereocenters. The summed E-state index contributed by atoms with van der Waals surface area (Å²) in [6.07, 6.45) is 1.11. The van der Waals surface area contributed by atoms with E-state index in [4.69, 9.17) is 4.74 Å². The Morgan fingerprint density at radius 3 is 2.36 bits per heavy atom. The maximum absolute atomic E-state index is 14.5. The molecule has 0 saturated carbocycles. The fraction of sp³-hybridized carbons (Fsp3) is 0.394. The molecule has 218 valence electrons. The minimum atomic E-state index is -1.53. The second-order valence-electron chi connectivity index (χ2n) is 12.1. The van der Waals surface area contributed by atoms with Crippen LogP contribution in [0.25, 0.3) is 0 Å². The smallest absolute Gasteiger partial charge is 0.335 e. The molecule has 3 aliphatic rings. The monoisotopic (exact) mass is 568 g/mol. The average Bonchev–Trinajstić information content (AvgIpc) is 2.97. The number of rotatable bonds is 7. The number of imide groups is 2. The van der Waals surface area contributed by atoms with Crippen molar-refractivity contribution in [2.75, 3.05) is 31.6 Å². The van der Waals surface area contributed by atoms with Crippen LogP contribution in [0.5, 0.6) is 5.75 Å². The number of likely N-dealkylation sites (tertiary alicyclic amines) is 1. The molecule has 4 amide bonds. The van der Waals surface area contributed by atoms with Crippen molar-refractivity contribution in [2.45, 2.75) is 45.1 Å². The summed E-state index contributed by atoms with van der Waals surface area (Å²) in [5.74, 6) is 0.160. The summed E-state index contributed by atoms with van der Waals surface area (Å²) in [6, 6.07) is 19.3. The van der Waals surface area contributed by atoms with Gasteiger partial charge >= 0.3 is 6.03 Å². The molecule has 3 aliphatic heterocycles. The van der Waals surface area contributed by atoms with Crippen LogP contribution in [-0.4, -0.2) is 54.1 Å². The van der Waals surface area contributed by atoms with Crippen LogP contribution >= 0.6 is 0 Å². The molecular weight excluding hydrogens is 532 g/mol. The summed E-state index contributed by atoms with van der Waals surface area (Å²) in [7, 11) is 1.55. The van der Waals surface area contributed by atoms with Crippen LogP contribution in [0.15, 0.2) is 71.5 Å². The van der Waals surface area contributed by atoms with Crippen LogP contribution in [0, 0.1) is 11.3 Å². The number of barbiturate groups is 1. The van der Waals surface area contributed by atoms with Gasteiger partial charge in [0.25, 0.3) is 11.5 Å². The largest absolute Gasteiger partial charge is 0.497 e. The Kier molecular flexibility index (Phi) is 7.22.